The standard InChI is InChI=1S/C6H13F2N/c1-5(2,3)6(7,8)9-4/h9H,1-4H3. The Morgan fingerprint density at radius 2 is 1.44 bits per heavy atom. The third-order valence-electron chi connectivity index (χ3n) is 1.26. The molecule has 0 amide bonds. The molecule has 1 N–H and O–H groups in total. The maximum atomic E-state index is 12.5. The van der Waals surface area contributed by atoms with Crippen LogP contribution in [0.15, 0.2) is 0 Å². The van der Waals surface area contributed by atoms with Crippen LogP contribution in [-0.4, -0.2) is 13.1 Å². The van der Waals surface area contributed by atoms with Crippen molar-refractivity contribution in [2.45, 2.75) is 26.8 Å². The van der Waals surface area contributed by atoms with Crippen molar-refractivity contribution in [3.8, 4) is 0 Å². The predicted molar refractivity (Wildman–Crippen MR) is 33.5 cm³/mol. The largest absolute Gasteiger partial charge is 0.306 e. The summed E-state index contributed by atoms with van der Waals surface area (Å²) in [4.78, 5) is 0. The third-order valence-corrected chi connectivity index (χ3v) is 1.26. The van der Waals surface area contributed by atoms with Gasteiger partial charge < -0.3 is 0 Å². The van der Waals surface area contributed by atoms with Gasteiger partial charge in [-0.05, 0) is 7.05 Å². The molecular weight excluding hydrogens is 124 g/mol. The van der Waals surface area contributed by atoms with E-state index in [1.54, 1.807) is 0 Å². The molecule has 0 aliphatic rings. The smallest absolute Gasteiger partial charge is 0.261 e. The van der Waals surface area contributed by atoms with Crippen LogP contribution in [0.5, 0.6) is 0 Å². The maximum absolute atomic E-state index is 12.5. The van der Waals surface area contributed by atoms with Gasteiger partial charge in [0.15, 0.2) is 0 Å². The van der Waals surface area contributed by atoms with Crippen LogP contribution >= 0.6 is 0 Å². The molecule has 56 valence electrons. The number of nitrogens with one attached hydrogen (secondary N) is 1. The summed E-state index contributed by atoms with van der Waals surface area (Å²) in [6, 6.07) is -2.77. The average molecular weight is 137 g/mol. The SMILES string of the molecule is CNC(F)(F)C(C)(C)C. The van der Waals surface area contributed by atoms with Gasteiger partial charge in [0.25, 0.3) is 0 Å². The Labute approximate surface area is 54.4 Å². The fourth-order valence-corrected chi connectivity index (χ4v) is 0.375. The molecule has 0 aromatic rings. The number of hydrogen-bond donors (Lipinski definition) is 1. The first-order chi connectivity index (χ1) is 3.81. The van der Waals surface area contributed by atoms with Crippen LogP contribution in [0.25, 0.3) is 0 Å². The molecule has 0 bridgehead atoms. The van der Waals surface area contributed by atoms with Gasteiger partial charge in [0, 0.05) is 5.41 Å². The molecule has 0 spiro atoms. The molecule has 0 saturated heterocycles. The zero-order chi connectivity index (χ0) is 7.71. The van der Waals surface area contributed by atoms with Gasteiger partial charge in [0.1, 0.15) is 0 Å². The highest BCUT2D eigenvalue weighted by Gasteiger charge is 2.41. The molecule has 0 fully saturated rings. The molecule has 0 saturated carbocycles. The summed E-state index contributed by atoms with van der Waals surface area (Å²) in [5.41, 5.74) is -0.998. The van der Waals surface area contributed by atoms with Crippen LogP contribution in [0.4, 0.5) is 8.78 Å². The monoisotopic (exact) mass is 137 g/mol. The zero-order valence-corrected chi connectivity index (χ0v) is 6.26. The highest BCUT2D eigenvalue weighted by atomic mass is 19.3. The summed E-state index contributed by atoms with van der Waals surface area (Å²) >= 11 is 0. The molecule has 0 aromatic carbocycles. The summed E-state index contributed by atoms with van der Waals surface area (Å²) < 4.78 is 25.1. The van der Waals surface area contributed by atoms with Gasteiger partial charge in [-0.3, -0.25) is 5.32 Å². The van der Waals surface area contributed by atoms with Crippen molar-refractivity contribution in [2.75, 3.05) is 7.05 Å². The lowest BCUT2D eigenvalue weighted by Gasteiger charge is -2.29. The Morgan fingerprint density at radius 1 is 1.11 bits per heavy atom. The minimum absolute atomic E-state index is 0.998. The van der Waals surface area contributed by atoms with E-state index in [4.69, 9.17) is 0 Å². The molecule has 0 atom stereocenters. The fourth-order valence-electron chi connectivity index (χ4n) is 0.375. The molecule has 0 rings (SSSR count). The minimum Gasteiger partial charge on any atom is -0.261 e. The second-order valence-corrected chi connectivity index (χ2v) is 3.07. The zero-order valence-electron chi connectivity index (χ0n) is 6.26. The van der Waals surface area contributed by atoms with E-state index in [0.29, 0.717) is 0 Å². The van der Waals surface area contributed by atoms with E-state index in [1.807, 2.05) is 5.32 Å². The van der Waals surface area contributed by atoms with Gasteiger partial charge in [-0.25, -0.2) is 0 Å². The number of hydrogen-bond acceptors (Lipinski definition) is 1. The van der Waals surface area contributed by atoms with E-state index in [2.05, 4.69) is 0 Å². The summed E-state index contributed by atoms with van der Waals surface area (Å²) in [5, 5.41) is 1.95. The van der Waals surface area contributed by atoms with Gasteiger partial charge in [-0.15, -0.1) is 0 Å². The van der Waals surface area contributed by atoms with Crippen molar-refractivity contribution in [1.82, 2.24) is 5.32 Å². The molecule has 0 radical (unpaired) electrons. The van der Waals surface area contributed by atoms with Crippen molar-refractivity contribution in [2.24, 2.45) is 5.41 Å². The number of rotatable bonds is 1. The van der Waals surface area contributed by atoms with E-state index < -0.39 is 11.5 Å². The van der Waals surface area contributed by atoms with E-state index in [1.165, 1.54) is 27.8 Å². The van der Waals surface area contributed by atoms with Crippen LogP contribution in [-0.2, 0) is 0 Å². The number of halogens is 2. The lowest BCUT2D eigenvalue weighted by atomic mass is 9.93. The second-order valence-electron chi connectivity index (χ2n) is 3.07. The summed E-state index contributed by atoms with van der Waals surface area (Å²) in [6.45, 7) is 4.47. The Hall–Kier alpha value is -0.180. The van der Waals surface area contributed by atoms with Crippen molar-refractivity contribution in [3.05, 3.63) is 0 Å². The molecule has 9 heavy (non-hydrogen) atoms. The average Bonchev–Trinajstić information content (AvgIpc) is 1.64. The lowest BCUT2D eigenvalue weighted by Crippen LogP contribution is -2.45. The Bertz CT molecular complexity index is 93.7. The van der Waals surface area contributed by atoms with Gasteiger partial charge in [0.05, 0.1) is 0 Å². The second kappa shape index (κ2) is 2.21. The molecule has 0 aliphatic carbocycles. The van der Waals surface area contributed by atoms with Gasteiger partial charge >= 0.3 is 6.05 Å². The molecule has 0 unspecified atom stereocenters. The first kappa shape index (κ1) is 8.82. The molecule has 1 nitrogen and oxygen atoms in total. The highest BCUT2D eigenvalue weighted by Crippen LogP contribution is 2.32. The first-order valence-corrected chi connectivity index (χ1v) is 2.88. The third kappa shape index (κ3) is 1.90. The van der Waals surface area contributed by atoms with Crippen molar-refractivity contribution < 1.29 is 8.78 Å². The lowest BCUT2D eigenvalue weighted by molar-refractivity contribution is -0.119. The topological polar surface area (TPSA) is 12.0 Å². The quantitative estimate of drug-likeness (QED) is 0.544. The number of alkyl halides is 2. The molecule has 3 heteroatoms. The maximum Gasteiger partial charge on any atom is 0.306 e. The van der Waals surface area contributed by atoms with Gasteiger partial charge in [0.2, 0.25) is 0 Å². The van der Waals surface area contributed by atoms with Crippen LogP contribution in [0.3, 0.4) is 0 Å². The summed E-state index contributed by atoms with van der Waals surface area (Å²) in [5.74, 6) is 0. The summed E-state index contributed by atoms with van der Waals surface area (Å²) in [7, 11) is 1.26. The Morgan fingerprint density at radius 3 is 1.44 bits per heavy atom. The van der Waals surface area contributed by atoms with Crippen LogP contribution < -0.4 is 5.32 Å². The minimum atomic E-state index is -2.77. The van der Waals surface area contributed by atoms with Crippen molar-refractivity contribution in [1.29, 1.82) is 0 Å². The van der Waals surface area contributed by atoms with Crippen molar-refractivity contribution >= 4 is 0 Å². The van der Waals surface area contributed by atoms with Gasteiger partial charge in [-0.1, -0.05) is 20.8 Å². The van der Waals surface area contributed by atoms with E-state index in [9.17, 15) is 8.78 Å². The highest BCUT2D eigenvalue weighted by molar-refractivity contribution is 4.76. The summed E-state index contributed by atoms with van der Waals surface area (Å²) in [6.07, 6.45) is 0. The molecule has 0 aromatic heterocycles. The molecule has 0 heterocycles. The van der Waals surface area contributed by atoms with Gasteiger partial charge in [-0.2, -0.15) is 8.78 Å². The van der Waals surface area contributed by atoms with E-state index >= 15 is 0 Å². The fraction of sp³-hybridized carbons (Fsp3) is 1.00. The normalized spacial score (nSPS) is 14.0. The van der Waals surface area contributed by atoms with E-state index in [0.717, 1.165) is 0 Å². The van der Waals surface area contributed by atoms with Crippen molar-refractivity contribution in [3.63, 3.8) is 0 Å². The molecule has 0 aliphatic heterocycles. The van der Waals surface area contributed by atoms with Crippen LogP contribution in [0, 0.1) is 5.41 Å². The first-order valence-electron chi connectivity index (χ1n) is 2.88. The Kier molecular flexibility index (Phi) is 2.17. The van der Waals surface area contributed by atoms with Crippen LogP contribution in [0.2, 0.25) is 0 Å². The van der Waals surface area contributed by atoms with Crippen LogP contribution in [0.1, 0.15) is 20.8 Å². The Balaban J connectivity index is 4.14. The predicted octanol–water partition coefficient (Wildman–Crippen LogP) is 1.84. The molecular formula is C6H13F2N. The van der Waals surface area contributed by atoms with E-state index in [-0.39, 0.29) is 0 Å².